The van der Waals surface area contributed by atoms with Gasteiger partial charge >= 0.3 is 12.4 Å². The predicted molar refractivity (Wildman–Crippen MR) is 66.4 cm³/mol. The second kappa shape index (κ2) is 6.49. The Balaban J connectivity index is 2.27. The molecule has 0 amide bonds. The van der Waals surface area contributed by atoms with Crippen molar-refractivity contribution < 1.29 is 35.9 Å². The molecule has 0 spiro atoms. The van der Waals surface area contributed by atoms with Crippen LogP contribution in [0.5, 0.6) is 0 Å². The Morgan fingerprint density at radius 2 is 1.83 bits per heavy atom. The van der Waals surface area contributed by atoms with Crippen LogP contribution in [-0.4, -0.2) is 21.7 Å². The zero-order valence-electron chi connectivity index (χ0n) is 11.6. The molecule has 5 nitrogen and oxygen atoms in total. The summed E-state index contributed by atoms with van der Waals surface area (Å²) in [6, 6.07) is 1.63. The molecule has 0 bridgehead atoms. The number of pyridine rings is 1. The van der Waals surface area contributed by atoms with Crippen molar-refractivity contribution in [1.82, 2.24) is 15.2 Å². The Labute approximate surface area is 130 Å². The topological polar surface area (TPSA) is 67.9 Å². The monoisotopic (exact) mass is 353 g/mol. The van der Waals surface area contributed by atoms with E-state index in [0.29, 0.717) is 6.07 Å². The number of nitrogens with zero attached hydrogens (tertiary/aromatic N) is 2. The maximum Gasteiger partial charge on any atom is 0.433 e. The molecule has 2 heterocycles. The lowest BCUT2D eigenvalue weighted by Gasteiger charge is -2.16. The molecule has 2 aromatic rings. The molecule has 0 fully saturated rings. The summed E-state index contributed by atoms with van der Waals surface area (Å²) >= 11 is 0. The number of hydrogen-bond acceptors (Lipinski definition) is 4. The van der Waals surface area contributed by atoms with E-state index < -0.39 is 36.3 Å². The van der Waals surface area contributed by atoms with Crippen molar-refractivity contribution >= 4 is 6.47 Å². The first kappa shape index (κ1) is 17.8. The first-order valence-corrected chi connectivity index (χ1v) is 6.34. The van der Waals surface area contributed by atoms with Crippen molar-refractivity contribution in [3.63, 3.8) is 0 Å². The maximum absolute atomic E-state index is 12.8. The van der Waals surface area contributed by atoms with Crippen molar-refractivity contribution in [1.29, 1.82) is 0 Å². The van der Waals surface area contributed by atoms with Gasteiger partial charge in [-0.1, -0.05) is 6.07 Å². The zero-order valence-corrected chi connectivity index (χ0v) is 11.6. The van der Waals surface area contributed by atoms with Crippen LogP contribution in [0.25, 0.3) is 0 Å². The van der Waals surface area contributed by atoms with Crippen LogP contribution in [0.1, 0.15) is 28.6 Å². The van der Waals surface area contributed by atoms with Gasteiger partial charge in [-0.2, -0.15) is 31.4 Å². The van der Waals surface area contributed by atoms with E-state index in [1.165, 1.54) is 0 Å². The molecule has 0 aliphatic rings. The molecule has 1 atom stereocenters. The molecule has 0 aliphatic carbocycles. The summed E-state index contributed by atoms with van der Waals surface area (Å²) in [5.74, 6) is 0. The molecule has 0 aromatic carbocycles. The van der Waals surface area contributed by atoms with Crippen LogP contribution in [0.15, 0.2) is 24.5 Å². The van der Waals surface area contributed by atoms with E-state index in [2.05, 4.69) is 14.8 Å². The van der Waals surface area contributed by atoms with Gasteiger partial charge in [0.1, 0.15) is 17.5 Å². The maximum atomic E-state index is 12.8. The van der Waals surface area contributed by atoms with Crippen LogP contribution >= 0.6 is 0 Å². The Morgan fingerprint density at radius 3 is 2.33 bits per heavy atom. The molecule has 0 radical (unpaired) electrons. The number of carbonyl (C=O) groups excluding carboxylic acids is 1. The Morgan fingerprint density at radius 1 is 1.12 bits per heavy atom. The standard InChI is InChI=1S/C13H9F6N3O2/c14-12(15,16)10-2-1-7(4-20-10)9(24-6-23)3-8-5-21-22-11(8)13(17,18)19/h1-2,4-6,9H,3H2,(H,21,22). The summed E-state index contributed by atoms with van der Waals surface area (Å²) in [6.45, 7) is -0.00428. The number of alkyl halides is 6. The van der Waals surface area contributed by atoms with E-state index >= 15 is 0 Å². The first-order chi connectivity index (χ1) is 11.1. The van der Waals surface area contributed by atoms with E-state index in [-0.39, 0.29) is 17.6 Å². The molecule has 2 aromatic heterocycles. The van der Waals surface area contributed by atoms with Crippen LogP contribution in [0.4, 0.5) is 26.3 Å². The van der Waals surface area contributed by atoms with E-state index in [9.17, 15) is 31.1 Å². The van der Waals surface area contributed by atoms with Gasteiger partial charge in [-0.25, -0.2) is 0 Å². The summed E-state index contributed by atoms with van der Waals surface area (Å²) in [6.07, 6.45) is -9.33. The van der Waals surface area contributed by atoms with Gasteiger partial charge in [0.2, 0.25) is 0 Å². The predicted octanol–water partition coefficient (Wildman–Crippen LogP) is 3.30. The van der Waals surface area contributed by atoms with Crippen LogP contribution in [0, 0.1) is 0 Å². The van der Waals surface area contributed by atoms with E-state index in [1.807, 2.05) is 0 Å². The third-order valence-corrected chi connectivity index (χ3v) is 3.08. The molecule has 2 rings (SSSR count). The highest BCUT2D eigenvalue weighted by atomic mass is 19.4. The van der Waals surface area contributed by atoms with Gasteiger partial charge in [0.25, 0.3) is 6.47 Å². The third-order valence-electron chi connectivity index (χ3n) is 3.08. The molecular formula is C13H9F6N3O2. The highest BCUT2D eigenvalue weighted by Gasteiger charge is 2.36. The lowest BCUT2D eigenvalue weighted by Crippen LogP contribution is -2.14. The fourth-order valence-electron chi connectivity index (χ4n) is 1.99. The van der Waals surface area contributed by atoms with Crippen molar-refractivity contribution in [2.75, 3.05) is 0 Å². The molecular weight excluding hydrogens is 344 g/mol. The van der Waals surface area contributed by atoms with Crippen LogP contribution < -0.4 is 0 Å². The average molecular weight is 353 g/mol. The van der Waals surface area contributed by atoms with Gasteiger partial charge in [-0.05, 0) is 6.07 Å². The number of aromatic nitrogens is 3. The average Bonchev–Trinajstić information content (AvgIpc) is 2.94. The number of halogens is 6. The third kappa shape index (κ3) is 4.03. The van der Waals surface area contributed by atoms with E-state index in [4.69, 9.17) is 0 Å². The number of ether oxygens (including phenoxy) is 1. The minimum Gasteiger partial charge on any atom is -0.459 e. The smallest absolute Gasteiger partial charge is 0.433 e. The second-order valence-corrected chi connectivity index (χ2v) is 4.67. The van der Waals surface area contributed by atoms with Crippen molar-refractivity contribution in [2.24, 2.45) is 0 Å². The number of aromatic amines is 1. The van der Waals surface area contributed by atoms with E-state index in [1.54, 1.807) is 5.10 Å². The number of nitrogens with one attached hydrogen (secondary N) is 1. The minimum absolute atomic E-state index is 0.00428. The molecule has 130 valence electrons. The number of carbonyl (C=O) groups is 1. The minimum atomic E-state index is -4.70. The summed E-state index contributed by atoms with van der Waals surface area (Å²) in [5.41, 5.74) is -2.57. The zero-order chi connectivity index (χ0) is 18.0. The molecule has 24 heavy (non-hydrogen) atoms. The van der Waals surface area contributed by atoms with Crippen LogP contribution in [-0.2, 0) is 28.3 Å². The van der Waals surface area contributed by atoms with Gasteiger partial charge in [-0.3, -0.25) is 14.9 Å². The molecule has 1 unspecified atom stereocenters. The highest BCUT2D eigenvalue weighted by Crippen LogP contribution is 2.33. The van der Waals surface area contributed by atoms with Crippen molar-refractivity contribution in [2.45, 2.75) is 24.9 Å². The van der Waals surface area contributed by atoms with Gasteiger partial charge in [-0.15, -0.1) is 0 Å². The lowest BCUT2D eigenvalue weighted by molar-refractivity contribution is -0.143. The van der Waals surface area contributed by atoms with Crippen LogP contribution in [0.3, 0.4) is 0 Å². The normalized spacial score (nSPS) is 13.6. The highest BCUT2D eigenvalue weighted by molar-refractivity contribution is 5.39. The molecule has 11 heteroatoms. The van der Waals surface area contributed by atoms with Crippen molar-refractivity contribution in [3.8, 4) is 0 Å². The summed E-state index contributed by atoms with van der Waals surface area (Å²) in [7, 11) is 0. The molecule has 0 saturated heterocycles. The molecule has 0 aliphatic heterocycles. The Hall–Kier alpha value is -2.59. The molecule has 1 N–H and O–H groups in total. The fourth-order valence-corrected chi connectivity index (χ4v) is 1.99. The molecule has 0 saturated carbocycles. The fraction of sp³-hybridized carbons (Fsp3) is 0.308. The van der Waals surface area contributed by atoms with Gasteiger partial charge in [0.15, 0.2) is 0 Å². The Kier molecular flexibility index (Phi) is 4.81. The second-order valence-electron chi connectivity index (χ2n) is 4.67. The number of rotatable bonds is 5. The van der Waals surface area contributed by atoms with E-state index in [0.717, 1.165) is 18.5 Å². The van der Waals surface area contributed by atoms with Crippen molar-refractivity contribution in [3.05, 3.63) is 47.0 Å². The summed E-state index contributed by atoms with van der Waals surface area (Å²) in [5, 5.41) is 5.08. The largest absolute Gasteiger partial charge is 0.459 e. The lowest BCUT2D eigenvalue weighted by atomic mass is 10.0. The number of hydrogen-bond donors (Lipinski definition) is 1. The van der Waals surface area contributed by atoms with Crippen LogP contribution in [0.2, 0.25) is 0 Å². The SMILES string of the molecule is O=COC(Cc1cn[nH]c1C(F)(F)F)c1ccc(C(F)(F)F)nc1. The summed E-state index contributed by atoms with van der Waals surface area (Å²) < 4.78 is 80.5. The summed E-state index contributed by atoms with van der Waals surface area (Å²) in [4.78, 5) is 13.7. The van der Waals surface area contributed by atoms with Gasteiger partial charge in [0, 0.05) is 23.7 Å². The first-order valence-electron chi connectivity index (χ1n) is 6.34. The van der Waals surface area contributed by atoms with Gasteiger partial charge in [0.05, 0.1) is 6.20 Å². The quantitative estimate of drug-likeness (QED) is 0.662. The van der Waals surface area contributed by atoms with Gasteiger partial charge < -0.3 is 4.74 Å². The number of H-pyrrole nitrogens is 1. The Bertz CT molecular complexity index is 693.